The smallest absolute Gasteiger partial charge is 0.329 e. The number of pyridine rings is 1. The van der Waals surface area contributed by atoms with Gasteiger partial charge in [-0.3, -0.25) is 9.78 Å². The van der Waals surface area contributed by atoms with Crippen molar-refractivity contribution in [2.24, 2.45) is 0 Å². The molecule has 2 rings (SSSR count). The first-order valence-corrected chi connectivity index (χ1v) is 5.61. The van der Waals surface area contributed by atoms with E-state index in [2.05, 4.69) is 10.3 Å². The zero-order valence-corrected chi connectivity index (χ0v) is 9.35. The maximum absolute atomic E-state index is 11.9. The summed E-state index contributed by atoms with van der Waals surface area (Å²) in [5.74, 6) is -1.38. The number of rotatable bonds is 3. The van der Waals surface area contributed by atoms with Crippen LogP contribution in [0.25, 0.3) is 0 Å². The van der Waals surface area contributed by atoms with Crippen molar-refractivity contribution in [1.29, 1.82) is 0 Å². The number of carboxylic acids is 1. The molecule has 0 bridgehead atoms. The van der Waals surface area contributed by atoms with Gasteiger partial charge in [0.25, 0.3) is 5.91 Å². The van der Waals surface area contributed by atoms with E-state index in [9.17, 15) is 14.7 Å². The molecule has 2 N–H and O–H groups in total. The van der Waals surface area contributed by atoms with Gasteiger partial charge >= 0.3 is 5.97 Å². The predicted molar refractivity (Wildman–Crippen MR) is 60.5 cm³/mol. The Morgan fingerprint density at radius 1 is 1.29 bits per heavy atom. The number of carboxylic acid groups (broad SMARTS) is 1. The van der Waals surface area contributed by atoms with Crippen molar-refractivity contribution in [3.8, 4) is 0 Å². The van der Waals surface area contributed by atoms with E-state index in [1.165, 1.54) is 6.20 Å². The average molecular weight is 234 g/mol. The van der Waals surface area contributed by atoms with Crippen LogP contribution in [0.5, 0.6) is 0 Å². The number of hydrogen-bond donors (Lipinski definition) is 2. The normalized spacial score (nSPS) is 17.6. The van der Waals surface area contributed by atoms with E-state index in [4.69, 9.17) is 0 Å². The minimum Gasteiger partial charge on any atom is -0.480 e. The fourth-order valence-corrected chi connectivity index (χ4v) is 2.15. The van der Waals surface area contributed by atoms with Crippen molar-refractivity contribution in [2.75, 3.05) is 0 Å². The molecule has 90 valence electrons. The minimum atomic E-state index is -1.10. The van der Waals surface area contributed by atoms with E-state index >= 15 is 0 Å². The number of carbonyl (C=O) groups excluding carboxylic acids is 1. The molecule has 0 aliphatic heterocycles. The zero-order valence-electron chi connectivity index (χ0n) is 9.35. The predicted octanol–water partition coefficient (Wildman–Crippen LogP) is 1.21. The molecule has 0 atom stereocenters. The lowest BCUT2D eigenvalue weighted by Crippen LogP contribution is -2.52. The maximum atomic E-state index is 11.9. The van der Waals surface area contributed by atoms with E-state index in [1.807, 2.05) is 0 Å². The number of nitrogens with zero attached hydrogens (tertiary/aromatic N) is 1. The largest absolute Gasteiger partial charge is 0.480 e. The summed E-state index contributed by atoms with van der Waals surface area (Å²) < 4.78 is 0. The molecule has 1 heterocycles. The first-order valence-electron chi connectivity index (χ1n) is 5.61. The molecular weight excluding hydrogens is 220 g/mol. The molecule has 0 aromatic carbocycles. The van der Waals surface area contributed by atoms with Crippen LogP contribution in [0.15, 0.2) is 24.4 Å². The van der Waals surface area contributed by atoms with Crippen molar-refractivity contribution in [2.45, 2.75) is 31.2 Å². The van der Waals surface area contributed by atoms with Crippen LogP contribution in [-0.2, 0) is 4.79 Å². The van der Waals surface area contributed by atoms with Gasteiger partial charge in [-0.2, -0.15) is 0 Å². The molecule has 0 unspecified atom stereocenters. The van der Waals surface area contributed by atoms with Crippen molar-refractivity contribution in [3.63, 3.8) is 0 Å². The monoisotopic (exact) mass is 234 g/mol. The van der Waals surface area contributed by atoms with Gasteiger partial charge in [-0.05, 0) is 25.0 Å². The Labute approximate surface area is 98.9 Å². The second-order valence-electron chi connectivity index (χ2n) is 4.26. The number of nitrogens with one attached hydrogen (secondary N) is 1. The molecule has 1 saturated carbocycles. The summed E-state index contributed by atoms with van der Waals surface area (Å²) in [4.78, 5) is 27.0. The molecule has 17 heavy (non-hydrogen) atoms. The summed E-state index contributed by atoms with van der Waals surface area (Å²) in [6.45, 7) is 0. The molecule has 5 heteroatoms. The van der Waals surface area contributed by atoms with Crippen LogP contribution in [0, 0.1) is 0 Å². The second-order valence-corrected chi connectivity index (χ2v) is 4.26. The lowest BCUT2D eigenvalue weighted by Gasteiger charge is -2.24. The number of aromatic nitrogens is 1. The van der Waals surface area contributed by atoms with Gasteiger partial charge in [0.05, 0.1) is 0 Å². The van der Waals surface area contributed by atoms with E-state index < -0.39 is 17.4 Å². The molecule has 1 aromatic rings. The third kappa shape index (κ3) is 2.27. The summed E-state index contributed by atoms with van der Waals surface area (Å²) in [7, 11) is 0. The third-order valence-electron chi connectivity index (χ3n) is 3.12. The lowest BCUT2D eigenvalue weighted by molar-refractivity contribution is -0.144. The Bertz CT molecular complexity index is 425. The SMILES string of the molecule is O=C(NC1(C(=O)O)CCCC1)c1ccccn1. The quantitative estimate of drug-likeness (QED) is 0.823. The van der Waals surface area contributed by atoms with E-state index in [1.54, 1.807) is 18.2 Å². The molecule has 1 fully saturated rings. The Kier molecular flexibility index (Phi) is 3.08. The molecule has 0 spiro atoms. The molecular formula is C12H14N2O3. The van der Waals surface area contributed by atoms with Gasteiger partial charge in [-0.15, -0.1) is 0 Å². The van der Waals surface area contributed by atoms with E-state index in [0.29, 0.717) is 12.8 Å². The van der Waals surface area contributed by atoms with Crippen molar-refractivity contribution in [1.82, 2.24) is 10.3 Å². The molecule has 1 aliphatic rings. The fourth-order valence-electron chi connectivity index (χ4n) is 2.15. The lowest BCUT2D eigenvalue weighted by atomic mass is 9.97. The second kappa shape index (κ2) is 4.53. The molecule has 1 amide bonds. The first kappa shape index (κ1) is 11.6. The van der Waals surface area contributed by atoms with Crippen LogP contribution >= 0.6 is 0 Å². The van der Waals surface area contributed by atoms with Crippen LogP contribution in [0.2, 0.25) is 0 Å². The maximum Gasteiger partial charge on any atom is 0.329 e. The molecule has 1 aliphatic carbocycles. The standard InChI is InChI=1S/C12H14N2O3/c15-10(9-5-1-4-8-13-9)14-12(11(16)17)6-2-3-7-12/h1,4-5,8H,2-3,6-7H2,(H,14,15)(H,16,17). The van der Waals surface area contributed by atoms with Gasteiger partial charge in [0.15, 0.2) is 0 Å². The van der Waals surface area contributed by atoms with Crippen LogP contribution in [0.3, 0.4) is 0 Å². The summed E-state index contributed by atoms with van der Waals surface area (Å²) >= 11 is 0. The number of aliphatic carboxylic acids is 1. The van der Waals surface area contributed by atoms with E-state index in [-0.39, 0.29) is 5.69 Å². The van der Waals surface area contributed by atoms with E-state index in [0.717, 1.165) is 12.8 Å². The molecule has 0 radical (unpaired) electrons. The van der Waals surface area contributed by atoms with Crippen molar-refractivity contribution >= 4 is 11.9 Å². The van der Waals surface area contributed by atoms with Gasteiger partial charge in [-0.1, -0.05) is 18.9 Å². The Morgan fingerprint density at radius 3 is 2.53 bits per heavy atom. The summed E-state index contributed by atoms with van der Waals surface area (Å²) in [5, 5.41) is 11.8. The Balaban J connectivity index is 2.15. The van der Waals surface area contributed by atoms with Crippen molar-refractivity contribution < 1.29 is 14.7 Å². The summed E-state index contributed by atoms with van der Waals surface area (Å²) in [5.41, 5.74) is -0.853. The van der Waals surface area contributed by atoms with Gasteiger partial charge in [0.1, 0.15) is 11.2 Å². The highest BCUT2D eigenvalue weighted by molar-refractivity contribution is 5.96. The molecule has 5 nitrogen and oxygen atoms in total. The molecule has 1 aromatic heterocycles. The van der Waals surface area contributed by atoms with Gasteiger partial charge in [0.2, 0.25) is 0 Å². The fraction of sp³-hybridized carbons (Fsp3) is 0.417. The highest BCUT2D eigenvalue weighted by atomic mass is 16.4. The highest BCUT2D eigenvalue weighted by Crippen LogP contribution is 2.30. The first-order chi connectivity index (χ1) is 8.14. The third-order valence-corrected chi connectivity index (χ3v) is 3.12. The Hall–Kier alpha value is -1.91. The van der Waals surface area contributed by atoms with Gasteiger partial charge in [0, 0.05) is 6.20 Å². The number of hydrogen-bond acceptors (Lipinski definition) is 3. The highest BCUT2D eigenvalue weighted by Gasteiger charge is 2.42. The summed E-state index contributed by atoms with van der Waals surface area (Å²) in [6, 6.07) is 4.98. The van der Waals surface area contributed by atoms with Gasteiger partial charge < -0.3 is 10.4 Å². The van der Waals surface area contributed by atoms with Crippen LogP contribution in [-0.4, -0.2) is 27.5 Å². The van der Waals surface area contributed by atoms with Crippen LogP contribution < -0.4 is 5.32 Å². The number of amides is 1. The number of carbonyl (C=O) groups is 2. The molecule has 0 saturated heterocycles. The van der Waals surface area contributed by atoms with Crippen LogP contribution in [0.1, 0.15) is 36.2 Å². The Morgan fingerprint density at radius 2 is 2.00 bits per heavy atom. The van der Waals surface area contributed by atoms with Gasteiger partial charge in [-0.25, -0.2) is 4.79 Å². The van der Waals surface area contributed by atoms with Crippen molar-refractivity contribution in [3.05, 3.63) is 30.1 Å². The topological polar surface area (TPSA) is 79.3 Å². The summed E-state index contributed by atoms with van der Waals surface area (Å²) in [6.07, 6.45) is 4.14. The minimum absolute atomic E-state index is 0.250. The zero-order chi connectivity index (χ0) is 12.3. The average Bonchev–Trinajstić information content (AvgIpc) is 2.80. The van der Waals surface area contributed by atoms with Crippen LogP contribution in [0.4, 0.5) is 0 Å².